The Labute approximate surface area is 283 Å². The lowest BCUT2D eigenvalue weighted by atomic mass is 9.64. The number of ether oxygens (including phenoxy) is 1. The third-order valence-electron chi connectivity index (χ3n) is 9.72. The van der Waals surface area contributed by atoms with Gasteiger partial charge >= 0.3 is 0 Å². The highest BCUT2D eigenvalue weighted by Crippen LogP contribution is 2.55. The van der Waals surface area contributed by atoms with Gasteiger partial charge in [-0.25, -0.2) is 15.0 Å². The van der Waals surface area contributed by atoms with Crippen molar-refractivity contribution in [2.75, 3.05) is 5.32 Å². The molecular formula is C33H31BrN10O4. The van der Waals surface area contributed by atoms with Gasteiger partial charge in [-0.15, -0.1) is 5.10 Å². The van der Waals surface area contributed by atoms with E-state index in [1.165, 1.54) is 6.92 Å². The summed E-state index contributed by atoms with van der Waals surface area (Å²) in [6.07, 6.45) is 7.39. The van der Waals surface area contributed by atoms with Gasteiger partial charge in [0.15, 0.2) is 5.78 Å². The van der Waals surface area contributed by atoms with Crippen LogP contribution in [0, 0.1) is 12.3 Å². The second-order valence-corrected chi connectivity index (χ2v) is 13.6. The summed E-state index contributed by atoms with van der Waals surface area (Å²) < 4.78 is 9.82. The van der Waals surface area contributed by atoms with Crippen LogP contribution in [0.25, 0.3) is 22.0 Å². The van der Waals surface area contributed by atoms with Crippen molar-refractivity contribution in [1.82, 2.24) is 44.6 Å². The summed E-state index contributed by atoms with van der Waals surface area (Å²) in [5, 5.41) is 16.9. The molecule has 15 heteroatoms. The molecular weight excluding hydrogens is 680 g/mol. The molecule has 3 atom stereocenters. The Morgan fingerprint density at radius 1 is 1.12 bits per heavy atom. The first-order chi connectivity index (χ1) is 23.2. The van der Waals surface area contributed by atoms with Crippen LogP contribution in [0.15, 0.2) is 53.5 Å². The van der Waals surface area contributed by atoms with Gasteiger partial charge < -0.3 is 15.0 Å². The van der Waals surface area contributed by atoms with Crippen LogP contribution in [0.1, 0.15) is 53.8 Å². The van der Waals surface area contributed by atoms with E-state index in [1.807, 2.05) is 37.4 Å². The summed E-state index contributed by atoms with van der Waals surface area (Å²) in [5.41, 5.74) is 3.58. The summed E-state index contributed by atoms with van der Waals surface area (Å²) in [6.45, 7) is 4.11. The Kier molecular flexibility index (Phi) is 7.40. The molecule has 0 unspecified atom stereocenters. The molecule has 8 rings (SSSR count). The third-order valence-corrected chi connectivity index (χ3v) is 10.2. The van der Waals surface area contributed by atoms with Gasteiger partial charge in [0.2, 0.25) is 11.8 Å². The maximum Gasteiger partial charge on any atom is 0.248 e. The molecule has 244 valence electrons. The van der Waals surface area contributed by atoms with Crippen LogP contribution in [0.4, 0.5) is 5.82 Å². The molecule has 2 fully saturated rings. The molecule has 1 saturated carbocycles. The van der Waals surface area contributed by atoms with Gasteiger partial charge in [0.1, 0.15) is 40.2 Å². The molecule has 2 amide bonds. The number of ketones is 1. The van der Waals surface area contributed by atoms with Gasteiger partial charge in [0.25, 0.3) is 0 Å². The third kappa shape index (κ3) is 5.26. The average molecular weight is 712 g/mol. The summed E-state index contributed by atoms with van der Waals surface area (Å²) in [7, 11) is 0. The molecule has 1 spiro atoms. The van der Waals surface area contributed by atoms with E-state index in [4.69, 9.17) is 4.74 Å². The Balaban J connectivity index is 1.15. The van der Waals surface area contributed by atoms with Crippen LogP contribution in [-0.2, 0) is 40.6 Å². The van der Waals surface area contributed by atoms with E-state index in [9.17, 15) is 14.4 Å². The van der Waals surface area contributed by atoms with Crippen molar-refractivity contribution in [2.45, 2.75) is 71.5 Å². The molecule has 4 aromatic heterocycles. The van der Waals surface area contributed by atoms with Crippen LogP contribution in [-0.4, -0.2) is 74.3 Å². The molecule has 2 aliphatic heterocycles. The van der Waals surface area contributed by atoms with Crippen molar-refractivity contribution < 1.29 is 19.1 Å². The molecule has 0 radical (unpaired) electrons. The molecule has 48 heavy (non-hydrogen) atoms. The Bertz CT molecular complexity index is 2110. The number of nitrogens with one attached hydrogen (secondary N) is 1. The lowest BCUT2D eigenvalue weighted by molar-refractivity contribution is -0.142. The Morgan fingerprint density at radius 3 is 2.73 bits per heavy atom. The lowest BCUT2D eigenvalue weighted by Gasteiger charge is -2.47. The number of aryl methyl sites for hydroxylation is 1. The molecule has 5 aromatic rings. The van der Waals surface area contributed by atoms with Crippen molar-refractivity contribution >= 4 is 50.2 Å². The molecule has 1 saturated heterocycles. The number of likely N-dealkylation sites (tertiary alicyclic amines) is 1. The maximum atomic E-state index is 14.4. The Hall–Kier alpha value is -4.89. The topological polar surface area (TPSA) is 163 Å². The van der Waals surface area contributed by atoms with Crippen LogP contribution in [0.2, 0.25) is 0 Å². The van der Waals surface area contributed by atoms with E-state index in [1.54, 1.807) is 32.7 Å². The fourth-order valence-corrected chi connectivity index (χ4v) is 7.63. The lowest BCUT2D eigenvalue weighted by Crippen LogP contribution is -2.54. The number of fused-ring (bicyclic) bond motifs is 5. The van der Waals surface area contributed by atoms with E-state index in [-0.39, 0.29) is 54.5 Å². The number of carbonyl (C=O) groups is 3. The van der Waals surface area contributed by atoms with Crippen LogP contribution >= 0.6 is 15.9 Å². The van der Waals surface area contributed by atoms with E-state index in [0.29, 0.717) is 51.4 Å². The zero-order valence-electron chi connectivity index (χ0n) is 26.3. The molecule has 14 nitrogen and oxygen atoms in total. The molecule has 3 aliphatic rings. The van der Waals surface area contributed by atoms with Crippen LogP contribution in [0.3, 0.4) is 0 Å². The van der Waals surface area contributed by atoms with Crippen molar-refractivity contribution in [3.8, 4) is 11.1 Å². The first-order valence-electron chi connectivity index (χ1n) is 15.7. The number of benzene rings is 1. The summed E-state index contributed by atoms with van der Waals surface area (Å²) in [6, 6.07) is 8.31. The summed E-state index contributed by atoms with van der Waals surface area (Å²) in [4.78, 5) is 56.1. The van der Waals surface area contributed by atoms with E-state index < -0.39 is 6.04 Å². The Morgan fingerprint density at radius 2 is 1.96 bits per heavy atom. The molecule has 1 aliphatic carbocycles. The number of hydrogen-bond donors (Lipinski definition) is 1. The van der Waals surface area contributed by atoms with E-state index >= 15 is 0 Å². The van der Waals surface area contributed by atoms with Gasteiger partial charge in [-0.3, -0.25) is 23.7 Å². The summed E-state index contributed by atoms with van der Waals surface area (Å²) in [5.74, 6) is 0.235. The quantitative estimate of drug-likeness (QED) is 0.214. The average Bonchev–Trinajstić information content (AvgIpc) is 3.71. The number of nitrogens with zero attached hydrogens (tertiary/aromatic N) is 9. The van der Waals surface area contributed by atoms with Crippen LogP contribution < -0.4 is 5.32 Å². The number of hydrogen-bond acceptors (Lipinski definition) is 10. The van der Waals surface area contributed by atoms with E-state index in [2.05, 4.69) is 51.6 Å². The SMILES string of the molecule is CC(=O)c1nn(CC(=O)N2[C@H]3C[C@]4(CC[C@@H]24)Cn2cc(nn2)COCc2ccc(Br)nc2NC3=O)c2ccc(-c3cnc(C)nc3)cc12. The van der Waals surface area contributed by atoms with Crippen molar-refractivity contribution in [1.29, 1.82) is 0 Å². The smallest absolute Gasteiger partial charge is 0.248 e. The minimum absolute atomic E-state index is 0.144. The molecule has 4 bridgehead atoms. The highest BCUT2D eigenvalue weighted by atomic mass is 79.9. The highest BCUT2D eigenvalue weighted by molar-refractivity contribution is 9.10. The first-order valence-corrected chi connectivity index (χ1v) is 16.5. The number of amides is 2. The second-order valence-electron chi connectivity index (χ2n) is 12.8. The number of carbonyl (C=O) groups excluding carboxylic acids is 3. The number of halogens is 1. The monoisotopic (exact) mass is 710 g/mol. The number of anilines is 1. The first kappa shape index (κ1) is 30.4. The predicted molar refractivity (Wildman–Crippen MR) is 175 cm³/mol. The van der Waals surface area contributed by atoms with Crippen LogP contribution in [0.5, 0.6) is 0 Å². The second kappa shape index (κ2) is 11.7. The summed E-state index contributed by atoms with van der Waals surface area (Å²) >= 11 is 3.41. The number of pyridine rings is 1. The van der Waals surface area contributed by atoms with Gasteiger partial charge in [-0.2, -0.15) is 5.10 Å². The predicted octanol–water partition coefficient (Wildman–Crippen LogP) is 3.87. The van der Waals surface area contributed by atoms with Crippen molar-refractivity contribution in [3.05, 3.63) is 76.3 Å². The minimum atomic E-state index is -0.757. The zero-order chi connectivity index (χ0) is 33.2. The zero-order valence-corrected chi connectivity index (χ0v) is 27.8. The number of Topliss-reactive ketones (excluding diaryl/α,β-unsaturated/α-hetero) is 1. The van der Waals surface area contributed by atoms with Crippen molar-refractivity contribution in [3.63, 3.8) is 0 Å². The number of aromatic nitrogens is 8. The van der Waals surface area contributed by atoms with Gasteiger partial charge in [-0.1, -0.05) is 17.3 Å². The highest BCUT2D eigenvalue weighted by Gasteiger charge is 2.61. The van der Waals surface area contributed by atoms with Gasteiger partial charge in [-0.05, 0) is 65.9 Å². The molecule has 1 aromatic carbocycles. The van der Waals surface area contributed by atoms with E-state index in [0.717, 1.165) is 24.0 Å². The largest absolute Gasteiger partial charge is 0.370 e. The normalized spacial score (nSPS) is 22.0. The fraction of sp³-hybridized carbons (Fsp3) is 0.364. The maximum absolute atomic E-state index is 14.4. The van der Waals surface area contributed by atoms with Gasteiger partial charge in [0.05, 0.1) is 31.5 Å². The van der Waals surface area contributed by atoms with Gasteiger partial charge in [0, 0.05) is 47.3 Å². The van der Waals surface area contributed by atoms with Crippen molar-refractivity contribution in [2.24, 2.45) is 5.41 Å². The fourth-order valence-electron chi connectivity index (χ4n) is 7.32. The number of rotatable bonds is 4. The standard InChI is InChI=1S/C33H31BrN10O4/c1-18(45)30-24-9-20(22-11-35-19(2)36-12-22)3-5-25(24)43(40-30)14-29(46)44-26-10-33(8-7-27(33)44)17-42-13-23(39-41-42)16-48-15-21-4-6-28(34)37-31(21)38-32(26)47/h3-6,9,11-13,26-27H,7-8,10,14-17H2,1-2H3,(H,37,38,47)/t26-,27+,33+/m0/s1. The molecule has 6 heterocycles. The minimum Gasteiger partial charge on any atom is -0.370 e. The molecule has 1 N–H and O–H groups in total.